The second-order valence-corrected chi connectivity index (χ2v) is 9.49. The van der Waals surface area contributed by atoms with Gasteiger partial charge in [-0.05, 0) is 24.0 Å². The predicted molar refractivity (Wildman–Crippen MR) is 128 cm³/mol. The summed E-state index contributed by atoms with van der Waals surface area (Å²) < 4.78 is 41.0. The van der Waals surface area contributed by atoms with Gasteiger partial charge in [0, 0.05) is 17.7 Å². The molecule has 0 saturated heterocycles. The fourth-order valence-electron chi connectivity index (χ4n) is 3.22. The van der Waals surface area contributed by atoms with Crippen LogP contribution in [0, 0.1) is 0 Å². The van der Waals surface area contributed by atoms with Gasteiger partial charge in [0.25, 0.3) is 5.91 Å². The third kappa shape index (κ3) is 6.25. The molecular weight excluding hydrogens is 463 g/mol. The SMILES string of the molecule is CCn1c(SCC(=O)N/N=C/c2ccccc2C(F)(F)F)nnc1-c1ccc(C(C)(C)C)cc1. The molecule has 10 heteroatoms. The summed E-state index contributed by atoms with van der Waals surface area (Å²) in [6.45, 7) is 9.02. The number of nitrogens with zero attached hydrogens (tertiary/aromatic N) is 4. The zero-order chi connectivity index (χ0) is 24.9. The molecule has 1 heterocycles. The zero-order valence-corrected chi connectivity index (χ0v) is 20.2. The third-order valence-electron chi connectivity index (χ3n) is 5.03. The van der Waals surface area contributed by atoms with Gasteiger partial charge in [-0.3, -0.25) is 4.79 Å². The molecule has 0 spiro atoms. The van der Waals surface area contributed by atoms with Crippen LogP contribution in [0.1, 0.15) is 44.4 Å². The van der Waals surface area contributed by atoms with E-state index in [0.29, 0.717) is 17.5 Å². The van der Waals surface area contributed by atoms with Crippen molar-refractivity contribution >= 4 is 23.9 Å². The molecule has 0 unspecified atom stereocenters. The van der Waals surface area contributed by atoms with Gasteiger partial charge in [-0.1, -0.05) is 75.0 Å². The van der Waals surface area contributed by atoms with E-state index in [1.165, 1.54) is 35.5 Å². The van der Waals surface area contributed by atoms with Crippen LogP contribution in [0.2, 0.25) is 0 Å². The number of hydrogen-bond acceptors (Lipinski definition) is 5. The molecule has 1 amide bonds. The minimum atomic E-state index is -4.50. The first-order valence-electron chi connectivity index (χ1n) is 10.7. The Kier molecular flexibility index (Phi) is 7.81. The molecule has 0 aliphatic rings. The molecule has 3 rings (SSSR count). The summed E-state index contributed by atoms with van der Waals surface area (Å²) in [4.78, 5) is 12.2. The van der Waals surface area contributed by atoms with Crippen LogP contribution in [-0.2, 0) is 22.9 Å². The van der Waals surface area contributed by atoms with Crippen LogP contribution in [0.15, 0.2) is 58.8 Å². The van der Waals surface area contributed by atoms with E-state index in [2.05, 4.69) is 53.6 Å². The largest absolute Gasteiger partial charge is 0.417 e. The van der Waals surface area contributed by atoms with Crippen molar-refractivity contribution in [3.63, 3.8) is 0 Å². The summed E-state index contributed by atoms with van der Waals surface area (Å²) in [5.74, 6) is 0.222. The van der Waals surface area contributed by atoms with Gasteiger partial charge in [-0.15, -0.1) is 10.2 Å². The van der Waals surface area contributed by atoms with Gasteiger partial charge in [-0.2, -0.15) is 18.3 Å². The Bertz CT molecular complexity index is 1160. The topological polar surface area (TPSA) is 72.2 Å². The Balaban J connectivity index is 1.64. The van der Waals surface area contributed by atoms with Crippen LogP contribution in [0.4, 0.5) is 13.2 Å². The lowest BCUT2D eigenvalue weighted by molar-refractivity contribution is -0.137. The average Bonchev–Trinajstić information content (AvgIpc) is 3.20. The summed E-state index contributed by atoms with van der Waals surface area (Å²) in [5, 5.41) is 12.7. The van der Waals surface area contributed by atoms with Gasteiger partial charge in [0.15, 0.2) is 11.0 Å². The van der Waals surface area contributed by atoms with Crippen molar-refractivity contribution in [3.8, 4) is 11.4 Å². The lowest BCUT2D eigenvalue weighted by Crippen LogP contribution is -2.20. The summed E-state index contributed by atoms with van der Waals surface area (Å²) in [6, 6.07) is 13.2. The molecule has 0 atom stereocenters. The van der Waals surface area contributed by atoms with E-state index < -0.39 is 17.6 Å². The highest BCUT2D eigenvalue weighted by Crippen LogP contribution is 2.31. The number of alkyl halides is 3. The Morgan fingerprint density at radius 1 is 1.09 bits per heavy atom. The minimum Gasteiger partial charge on any atom is -0.302 e. The van der Waals surface area contributed by atoms with Crippen LogP contribution < -0.4 is 5.43 Å². The van der Waals surface area contributed by atoms with Crippen molar-refractivity contribution in [3.05, 3.63) is 65.2 Å². The van der Waals surface area contributed by atoms with E-state index in [4.69, 9.17) is 0 Å². The highest BCUT2D eigenvalue weighted by molar-refractivity contribution is 7.99. The fourth-order valence-corrected chi connectivity index (χ4v) is 4.01. The number of carbonyl (C=O) groups is 1. The van der Waals surface area contributed by atoms with E-state index in [9.17, 15) is 18.0 Å². The summed E-state index contributed by atoms with van der Waals surface area (Å²) in [6.07, 6.45) is -3.52. The Hall–Kier alpha value is -3.14. The number of aromatic nitrogens is 3. The highest BCUT2D eigenvalue weighted by atomic mass is 32.2. The standard InChI is InChI=1S/C24H26F3N5OS/c1-5-32-21(16-10-12-18(13-11-16)23(2,3)4)30-31-22(32)34-15-20(33)29-28-14-17-8-6-7-9-19(17)24(25,26)27/h6-14H,5,15H2,1-4H3,(H,29,33)/b28-14+. The first-order valence-corrected chi connectivity index (χ1v) is 11.6. The van der Waals surface area contributed by atoms with Crippen LogP contribution in [-0.4, -0.2) is 32.6 Å². The monoisotopic (exact) mass is 489 g/mol. The summed E-state index contributed by atoms with van der Waals surface area (Å²) in [5.41, 5.74) is 3.49. The molecule has 6 nitrogen and oxygen atoms in total. The Labute approximate surface area is 200 Å². The van der Waals surface area contributed by atoms with E-state index in [0.717, 1.165) is 17.8 Å². The van der Waals surface area contributed by atoms with Crippen molar-refractivity contribution < 1.29 is 18.0 Å². The lowest BCUT2D eigenvalue weighted by Gasteiger charge is -2.19. The number of thioether (sulfide) groups is 1. The normalized spacial score (nSPS) is 12.3. The third-order valence-corrected chi connectivity index (χ3v) is 6.00. The molecule has 0 fully saturated rings. The number of rotatable bonds is 7. The fraction of sp³-hybridized carbons (Fsp3) is 0.333. The number of halogens is 3. The quantitative estimate of drug-likeness (QED) is 0.269. The first-order chi connectivity index (χ1) is 16.0. The molecule has 180 valence electrons. The van der Waals surface area contributed by atoms with E-state index in [1.54, 1.807) is 0 Å². The summed E-state index contributed by atoms with van der Waals surface area (Å²) >= 11 is 1.18. The highest BCUT2D eigenvalue weighted by Gasteiger charge is 2.32. The second kappa shape index (κ2) is 10.4. The second-order valence-electron chi connectivity index (χ2n) is 8.54. The van der Waals surface area contributed by atoms with Crippen LogP contribution in [0.5, 0.6) is 0 Å². The Morgan fingerprint density at radius 3 is 2.38 bits per heavy atom. The average molecular weight is 490 g/mol. The molecule has 0 bridgehead atoms. The maximum atomic E-state index is 13.0. The van der Waals surface area contributed by atoms with Gasteiger partial charge in [0.2, 0.25) is 0 Å². The molecule has 34 heavy (non-hydrogen) atoms. The van der Waals surface area contributed by atoms with Gasteiger partial charge >= 0.3 is 6.18 Å². The molecule has 1 N–H and O–H groups in total. The number of carbonyl (C=O) groups excluding carboxylic acids is 1. The van der Waals surface area contributed by atoms with Crippen molar-refractivity contribution in [2.75, 3.05) is 5.75 Å². The number of hydrazone groups is 1. The van der Waals surface area contributed by atoms with Crippen molar-refractivity contribution in [2.24, 2.45) is 5.10 Å². The van der Waals surface area contributed by atoms with E-state index in [-0.39, 0.29) is 16.7 Å². The van der Waals surface area contributed by atoms with Crippen LogP contribution >= 0.6 is 11.8 Å². The van der Waals surface area contributed by atoms with Gasteiger partial charge in [-0.25, -0.2) is 5.43 Å². The molecule has 0 saturated carbocycles. The number of benzene rings is 2. The van der Waals surface area contributed by atoms with E-state index in [1.807, 2.05) is 23.6 Å². The van der Waals surface area contributed by atoms with Gasteiger partial charge < -0.3 is 4.57 Å². The number of hydrogen-bond donors (Lipinski definition) is 1. The molecule has 1 aromatic heterocycles. The summed E-state index contributed by atoms with van der Waals surface area (Å²) in [7, 11) is 0. The number of nitrogens with one attached hydrogen (secondary N) is 1. The maximum absolute atomic E-state index is 13.0. The zero-order valence-electron chi connectivity index (χ0n) is 19.3. The van der Waals surface area contributed by atoms with Gasteiger partial charge in [0.1, 0.15) is 0 Å². The predicted octanol–water partition coefficient (Wildman–Crippen LogP) is 5.52. The molecule has 0 radical (unpaired) electrons. The van der Waals surface area contributed by atoms with Gasteiger partial charge in [0.05, 0.1) is 17.5 Å². The molecule has 0 aliphatic carbocycles. The minimum absolute atomic E-state index is 0.0145. The first kappa shape index (κ1) is 25.5. The van der Waals surface area contributed by atoms with Crippen molar-refractivity contribution in [1.82, 2.24) is 20.2 Å². The lowest BCUT2D eigenvalue weighted by atomic mass is 9.87. The van der Waals surface area contributed by atoms with Crippen molar-refractivity contribution in [1.29, 1.82) is 0 Å². The molecular formula is C24H26F3N5OS. The molecule has 2 aromatic carbocycles. The van der Waals surface area contributed by atoms with Crippen LogP contribution in [0.25, 0.3) is 11.4 Å². The smallest absolute Gasteiger partial charge is 0.302 e. The molecule has 0 aliphatic heterocycles. The van der Waals surface area contributed by atoms with Crippen LogP contribution in [0.3, 0.4) is 0 Å². The number of amides is 1. The maximum Gasteiger partial charge on any atom is 0.417 e. The van der Waals surface area contributed by atoms with E-state index >= 15 is 0 Å². The Morgan fingerprint density at radius 2 is 1.76 bits per heavy atom. The molecule has 3 aromatic rings. The van der Waals surface area contributed by atoms with Crippen molar-refractivity contribution in [2.45, 2.75) is 51.0 Å².